The van der Waals surface area contributed by atoms with Crippen LogP contribution in [0.25, 0.3) is 93.2 Å². The first-order chi connectivity index (χ1) is 30.7. The molecule has 11 aromatic carbocycles. The quantitative estimate of drug-likeness (QED) is 0.146. The number of hydrogen-bond donors (Lipinski definition) is 0. The van der Waals surface area contributed by atoms with Crippen LogP contribution in [0.5, 0.6) is 0 Å². The van der Waals surface area contributed by atoms with Crippen LogP contribution in [0, 0.1) is 0 Å². The third-order valence-electron chi connectivity index (χ3n) is 12.5. The lowest BCUT2D eigenvalue weighted by Crippen LogP contribution is -2.10. The maximum atomic E-state index is 2.41. The number of benzene rings is 11. The zero-order valence-electron chi connectivity index (χ0n) is 34.0. The van der Waals surface area contributed by atoms with Crippen molar-refractivity contribution in [1.82, 2.24) is 4.57 Å². The van der Waals surface area contributed by atoms with Gasteiger partial charge in [0.15, 0.2) is 0 Å². The average Bonchev–Trinajstić information content (AvgIpc) is 3.69. The molecule has 2 heteroatoms. The second-order valence-corrected chi connectivity index (χ2v) is 16.1. The second-order valence-electron chi connectivity index (χ2n) is 16.1. The van der Waals surface area contributed by atoms with Crippen molar-refractivity contribution in [1.29, 1.82) is 0 Å². The first-order valence-electron chi connectivity index (χ1n) is 21.3. The highest BCUT2D eigenvalue weighted by molar-refractivity contribution is 6.11. The Balaban J connectivity index is 0.998. The van der Waals surface area contributed by atoms with E-state index in [1.807, 2.05) is 0 Å². The van der Waals surface area contributed by atoms with Crippen molar-refractivity contribution in [2.75, 3.05) is 4.90 Å². The highest BCUT2D eigenvalue weighted by atomic mass is 15.1. The maximum Gasteiger partial charge on any atom is 0.0541 e. The summed E-state index contributed by atoms with van der Waals surface area (Å²) in [5, 5.41) is 9.97. The summed E-state index contributed by atoms with van der Waals surface area (Å²) in [6, 6.07) is 88.5. The molecule has 0 N–H and O–H groups in total. The summed E-state index contributed by atoms with van der Waals surface area (Å²) in [5.41, 5.74) is 14.0. The van der Waals surface area contributed by atoms with Gasteiger partial charge < -0.3 is 9.47 Å². The molecular weight excluding hydrogens is 749 g/mol. The number of hydrogen-bond acceptors (Lipinski definition) is 1. The Bertz CT molecular complexity index is 3580. The van der Waals surface area contributed by atoms with E-state index < -0.39 is 0 Å². The highest BCUT2D eigenvalue weighted by Gasteiger charge is 2.18. The lowest BCUT2D eigenvalue weighted by Gasteiger charge is -2.27. The number of nitrogens with zero attached hydrogens (tertiary/aromatic N) is 2. The van der Waals surface area contributed by atoms with Crippen molar-refractivity contribution < 1.29 is 0 Å². The van der Waals surface area contributed by atoms with Gasteiger partial charge in [-0.15, -0.1) is 0 Å². The van der Waals surface area contributed by atoms with Crippen LogP contribution in [0.4, 0.5) is 17.1 Å². The van der Waals surface area contributed by atoms with Crippen molar-refractivity contribution in [2.45, 2.75) is 0 Å². The van der Waals surface area contributed by atoms with Gasteiger partial charge in [0, 0.05) is 33.5 Å². The van der Waals surface area contributed by atoms with Crippen LogP contribution >= 0.6 is 0 Å². The Kier molecular flexibility index (Phi) is 8.53. The molecule has 12 rings (SSSR count). The van der Waals surface area contributed by atoms with Gasteiger partial charge in [-0.1, -0.05) is 182 Å². The minimum absolute atomic E-state index is 1.09. The Hall–Kier alpha value is -8.20. The van der Waals surface area contributed by atoms with Gasteiger partial charge in [0.2, 0.25) is 0 Å². The number of rotatable bonds is 7. The molecule has 0 saturated carbocycles. The smallest absolute Gasteiger partial charge is 0.0541 e. The monoisotopic (exact) mass is 788 g/mol. The molecular formula is C60H40N2. The fourth-order valence-electron chi connectivity index (χ4n) is 9.66. The highest BCUT2D eigenvalue weighted by Crippen LogP contribution is 2.42. The van der Waals surface area contributed by atoms with Crippen molar-refractivity contribution >= 4 is 71.2 Å². The summed E-state index contributed by atoms with van der Waals surface area (Å²) >= 11 is 0. The van der Waals surface area contributed by atoms with E-state index in [1.165, 1.54) is 87.5 Å². The summed E-state index contributed by atoms with van der Waals surface area (Å²) in [4.78, 5) is 2.41. The van der Waals surface area contributed by atoms with E-state index in [2.05, 4.69) is 252 Å². The summed E-state index contributed by atoms with van der Waals surface area (Å²) in [5.74, 6) is 0. The maximum absolute atomic E-state index is 2.41. The minimum atomic E-state index is 1.09. The fourth-order valence-corrected chi connectivity index (χ4v) is 9.66. The van der Waals surface area contributed by atoms with E-state index in [9.17, 15) is 0 Å². The van der Waals surface area contributed by atoms with E-state index >= 15 is 0 Å². The summed E-state index contributed by atoms with van der Waals surface area (Å²) in [7, 11) is 0. The molecule has 0 amide bonds. The number of anilines is 3. The third kappa shape index (κ3) is 6.04. The van der Waals surface area contributed by atoms with Gasteiger partial charge in [0.1, 0.15) is 0 Å². The summed E-state index contributed by atoms with van der Waals surface area (Å²) in [6.45, 7) is 0. The number of aromatic nitrogens is 1. The molecule has 0 aliphatic heterocycles. The van der Waals surface area contributed by atoms with E-state index in [-0.39, 0.29) is 0 Å². The van der Waals surface area contributed by atoms with Crippen molar-refractivity contribution in [3.63, 3.8) is 0 Å². The molecule has 290 valence electrons. The average molecular weight is 789 g/mol. The minimum Gasteiger partial charge on any atom is -0.310 e. The molecule has 0 spiro atoms. The van der Waals surface area contributed by atoms with Gasteiger partial charge in [-0.2, -0.15) is 0 Å². The molecule has 62 heavy (non-hydrogen) atoms. The molecule has 0 aliphatic rings. The van der Waals surface area contributed by atoms with E-state index in [4.69, 9.17) is 0 Å². The van der Waals surface area contributed by atoms with Crippen molar-refractivity contribution in [2.24, 2.45) is 0 Å². The van der Waals surface area contributed by atoms with Gasteiger partial charge >= 0.3 is 0 Å². The normalized spacial score (nSPS) is 11.5. The molecule has 0 radical (unpaired) electrons. The van der Waals surface area contributed by atoms with E-state index in [1.54, 1.807) is 0 Å². The van der Waals surface area contributed by atoms with Gasteiger partial charge in [0.25, 0.3) is 0 Å². The summed E-state index contributed by atoms with van der Waals surface area (Å²) < 4.78 is 2.39. The van der Waals surface area contributed by atoms with Crippen LogP contribution in [0.15, 0.2) is 243 Å². The van der Waals surface area contributed by atoms with Crippen LogP contribution in [0.2, 0.25) is 0 Å². The molecule has 0 aliphatic carbocycles. The van der Waals surface area contributed by atoms with Crippen LogP contribution in [-0.4, -0.2) is 4.57 Å². The standard InChI is InChI=1S/C60H40N2/c1-2-14-42(15-3-1)53-26-12-17-45-18-13-27-54(60(45)53)47-20-11-21-49(39-47)61(51-37-34-44-31-30-43-16-4-5-23-52(43)57(44)40-51)48-35-32-41(33-36-48)46-19-10-22-50(38-46)62-58-28-8-6-24-55(58)56-25-7-9-29-59(56)62/h1-40H. The Labute approximate surface area is 360 Å². The van der Waals surface area contributed by atoms with Gasteiger partial charge in [-0.3, -0.25) is 0 Å². The van der Waals surface area contributed by atoms with Crippen molar-refractivity contribution in [3.05, 3.63) is 243 Å². The molecule has 1 aromatic heterocycles. The Morgan fingerprint density at radius 3 is 1.56 bits per heavy atom. The predicted molar refractivity (Wildman–Crippen MR) is 264 cm³/mol. The molecule has 0 fully saturated rings. The molecule has 0 bridgehead atoms. The van der Waals surface area contributed by atoms with Gasteiger partial charge in [-0.25, -0.2) is 0 Å². The second kappa shape index (κ2) is 14.8. The third-order valence-corrected chi connectivity index (χ3v) is 12.5. The Morgan fingerprint density at radius 1 is 0.274 bits per heavy atom. The SMILES string of the molecule is c1ccc(-c2cccc3cccc(-c4cccc(N(c5ccc(-c6cccc(-n7c8ccccc8c8ccccc87)c6)cc5)c5ccc6ccc7ccccc7c6c5)c4)c23)cc1. The van der Waals surface area contributed by atoms with Crippen LogP contribution in [0.3, 0.4) is 0 Å². The van der Waals surface area contributed by atoms with E-state index in [0.717, 1.165) is 22.7 Å². The topological polar surface area (TPSA) is 8.17 Å². The zero-order chi connectivity index (χ0) is 41.0. The van der Waals surface area contributed by atoms with Crippen LogP contribution in [0.1, 0.15) is 0 Å². The lowest BCUT2D eigenvalue weighted by molar-refractivity contribution is 1.18. The number of fused-ring (bicyclic) bond motifs is 7. The molecule has 1 heterocycles. The largest absolute Gasteiger partial charge is 0.310 e. The molecule has 0 saturated heterocycles. The zero-order valence-corrected chi connectivity index (χ0v) is 34.0. The molecule has 12 aromatic rings. The van der Waals surface area contributed by atoms with Gasteiger partial charge in [0.05, 0.1) is 11.0 Å². The van der Waals surface area contributed by atoms with Gasteiger partial charge in [-0.05, 0) is 126 Å². The first-order valence-corrected chi connectivity index (χ1v) is 21.3. The van der Waals surface area contributed by atoms with Crippen LogP contribution in [-0.2, 0) is 0 Å². The molecule has 0 unspecified atom stereocenters. The fraction of sp³-hybridized carbons (Fsp3) is 0. The van der Waals surface area contributed by atoms with E-state index in [0.29, 0.717) is 0 Å². The van der Waals surface area contributed by atoms with Crippen LogP contribution < -0.4 is 4.90 Å². The number of para-hydroxylation sites is 2. The van der Waals surface area contributed by atoms with Crippen molar-refractivity contribution in [3.8, 4) is 39.1 Å². The predicted octanol–water partition coefficient (Wildman–Crippen LogP) is 16.7. The lowest BCUT2D eigenvalue weighted by atomic mass is 9.91. The first kappa shape index (κ1) is 35.7. The summed E-state index contributed by atoms with van der Waals surface area (Å²) in [6.07, 6.45) is 0. The Morgan fingerprint density at radius 2 is 0.806 bits per heavy atom. The molecule has 2 nitrogen and oxygen atoms in total. The molecule has 0 atom stereocenters.